The number of allylic oxidation sites excluding steroid dienone is 1. The molecule has 22 heavy (non-hydrogen) atoms. The lowest BCUT2D eigenvalue weighted by Crippen LogP contribution is -2.38. The number of aliphatic imine (C=N–C) groups is 1. The number of hydrogen-bond donors (Lipinski definition) is 2. The van der Waals surface area contributed by atoms with Crippen molar-refractivity contribution in [2.24, 2.45) is 4.99 Å². The van der Waals surface area contributed by atoms with Crippen LogP contribution in [0.25, 0.3) is 0 Å². The van der Waals surface area contributed by atoms with Gasteiger partial charge in [-0.25, -0.2) is 0 Å². The van der Waals surface area contributed by atoms with Gasteiger partial charge < -0.3 is 15.5 Å². The molecule has 0 aromatic heterocycles. The van der Waals surface area contributed by atoms with Crippen LogP contribution < -0.4 is 10.6 Å². The van der Waals surface area contributed by atoms with E-state index in [4.69, 9.17) is 0 Å². The predicted octanol–water partition coefficient (Wildman–Crippen LogP) is 3.16. The summed E-state index contributed by atoms with van der Waals surface area (Å²) in [6.07, 6.45) is 11.3. The van der Waals surface area contributed by atoms with Crippen molar-refractivity contribution in [2.45, 2.75) is 64.8 Å². The van der Waals surface area contributed by atoms with Gasteiger partial charge in [0.2, 0.25) is 0 Å². The maximum atomic E-state index is 4.30. The van der Waals surface area contributed by atoms with E-state index in [1.165, 1.54) is 45.1 Å². The Morgan fingerprint density at radius 1 is 1.23 bits per heavy atom. The van der Waals surface area contributed by atoms with E-state index in [0.717, 1.165) is 25.5 Å². The van der Waals surface area contributed by atoms with E-state index in [2.05, 4.69) is 47.5 Å². The zero-order chi connectivity index (χ0) is 16.2. The largest absolute Gasteiger partial charge is 0.356 e. The standard InChI is InChI=1S/C18H36N4/c1-16(2)22(4)15-9-8-13-20-18(19-3)21-14-12-17-10-6-5-7-11-17/h10,16H,5-9,11-15H2,1-4H3,(H2,19,20,21). The van der Waals surface area contributed by atoms with Crippen LogP contribution in [0.1, 0.15) is 58.8 Å². The Morgan fingerprint density at radius 2 is 2.00 bits per heavy atom. The van der Waals surface area contributed by atoms with Gasteiger partial charge in [0.05, 0.1) is 0 Å². The lowest BCUT2D eigenvalue weighted by molar-refractivity contribution is 0.268. The van der Waals surface area contributed by atoms with E-state index in [1.54, 1.807) is 5.57 Å². The molecule has 0 atom stereocenters. The van der Waals surface area contributed by atoms with Crippen molar-refractivity contribution in [3.05, 3.63) is 11.6 Å². The lowest BCUT2D eigenvalue weighted by Gasteiger charge is -2.20. The third kappa shape index (κ3) is 8.42. The summed E-state index contributed by atoms with van der Waals surface area (Å²) in [6, 6.07) is 0.636. The molecule has 0 unspecified atom stereocenters. The van der Waals surface area contributed by atoms with Crippen molar-refractivity contribution < 1.29 is 0 Å². The highest BCUT2D eigenvalue weighted by atomic mass is 15.2. The Hall–Kier alpha value is -1.03. The summed E-state index contributed by atoms with van der Waals surface area (Å²) >= 11 is 0. The number of nitrogens with zero attached hydrogens (tertiary/aromatic N) is 2. The second-order valence-corrected chi connectivity index (χ2v) is 6.57. The number of unbranched alkanes of at least 4 members (excludes halogenated alkanes) is 1. The van der Waals surface area contributed by atoms with Crippen molar-refractivity contribution in [3.63, 3.8) is 0 Å². The van der Waals surface area contributed by atoms with Gasteiger partial charge in [-0.15, -0.1) is 0 Å². The lowest BCUT2D eigenvalue weighted by atomic mass is 9.97. The van der Waals surface area contributed by atoms with Gasteiger partial charge >= 0.3 is 0 Å². The Morgan fingerprint density at radius 3 is 2.64 bits per heavy atom. The molecule has 2 N–H and O–H groups in total. The zero-order valence-electron chi connectivity index (χ0n) is 15.1. The van der Waals surface area contributed by atoms with Gasteiger partial charge in [0, 0.05) is 26.2 Å². The van der Waals surface area contributed by atoms with Crippen LogP contribution in [0, 0.1) is 0 Å². The molecule has 0 spiro atoms. The molecule has 0 saturated heterocycles. The van der Waals surface area contributed by atoms with E-state index in [9.17, 15) is 0 Å². The molecule has 0 amide bonds. The molecule has 4 nitrogen and oxygen atoms in total. The molecule has 0 aromatic rings. The van der Waals surface area contributed by atoms with Crippen LogP contribution in [0.5, 0.6) is 0 Å². The molecule has 0 radical (unpaired) electrons. The van der Waals surface area contributed by atoms with E-state index >= 15 is 0 Å². The maximum Gasteiger partial charge on any atom is 0.190 e. The van der Waals surface area contributed by atoms with E-state index < -0.39 is 0 Å². The Kier molecular flexibility index (Phi) is 9.96. The van der Waals surface area contributed by atoms with Crippen molar-refractivity contribution in [1.82, 2.24) is 15.5 Å². The zero-order valence-corrected chi connectivity index (χ0v) is 15.1. The molecular formula is C18H36N4. The van der Waals surface area contributed by atoms with Crippen molar-refractivity contribution in [2.75, 3.05) is 33.7 Å². The minimum atomic E-state index is 0.636. The van der Waals surface area contributed by atoms with Gasteiger partial charge in [-0.1, -0.05) is 11.6 Å². The van der Waals surface area contributed by atoms with Gasteiger partial charge in [-0.3, -0.25) is 4.99 Å². The fraction of sp³-hybridized carbons (Fsp3) is 0.833. The van der Waals surface area contributed by atoms with E-state index in [1.807, 2.05) is 7.05 Å². The summed E-state index contributed by atoms with van der Waals surface area (Å²) in [5.41, 5.74) is 1.62. The molecule has 0 bridgehead atoms. The molecule has 0 saturated carbocycles. The van der Waals surface area contributed by atoms with Crippen LogP contribution >= 0.6 is 0 Å². The minimum Gasteiger partial charge on any atom is -0.356 e. The third-order valence-corrected chi connectivity index (χ3v) is 4.46. The monoisotopic (exact) mass is 308 g/mol. The summed E-state index contributed by atoms with van der Waals surface area (Å²) in [5.74, 6) is 0.939. The number of rotatable bonds is 9. The topological polar surface area (TPSA) is 39.7 Å². The number of guanidine groups is 1. The first-order chi connectivity index (χ1) is 10.6. The Balaban J connectivity index is 2.06. The van der Waals surface area contributed by atoms with Gasteiger partial charge in [0.15, 0.2) is 5.96 Å². The summed E-state index contributed by atoms with van der Waals surface area (Å²) in [7, 11) is 4.04. The summed E-state index contributed by atoms with van der Waals surface area (Å²) in [4.78, 5) is 6.69. The smallest absolute Gasteiger partial charge is 0.190 e. The van der Waals surface area contributed by atoms with Crippen molar-refractivity contribution >= 4 is 5.96 Å². The Labute approximate surface area is 137 Å². The van der Waals surface area contributed by atoms with Crippen molar-refractivity contribution in [1.29, 1.82) is 0 Å². The normalized spacial score (nSPS) is 16.1. The molecule has 1 aliphatic rings. The molecule has 128 valence electrons. The predicted molar refractivity (Wildman–Crippen MR) is 97.5 cm³/mol. The first kappa shape index (κ1) is 19.0. The molecule has 1 rings (SSSR count). The van der Waals surface area contributed by atoms with Gasteiger partial charge in [0.1, 0.15) is 0 Å². The molecule has 4 heteroatoms. The van der Waals surface area contributed by atoms with E-state index in [0.29, 0.717) is 6.04 Å². The average Bonchev–Trinajstić information content (AvgIpc) is 2.53. The second kappa shape index (κ2) is 11.5. The fourth-order valence-electron chi connectivity index (χ4n) is 2.64. The minimum absolute atomic E-state index is 0.636. The van der Waals surface area contributed by atoms with Crippen LogP contribution in [0.3, 0.4) is 0 Å². The van der Waals surface area contributed by atoms with Crippen molar-refractivity contribution in [3.8, 4) is 0 Å². The van der Waals surface area contributed by atoms with Crippen LogP contribution in [-0.2, 0) is 0 Å². The van der Waals surface area contributed by atoms with Crippen LogP contribution in [0.15, 0.2) is 16.6 Å². The first-order valence-corrected chi connectivity index (χ1v) is 8.96. The van der Waals surface area contributed by atoms with Gasteiger partial charge in [0.25, 0.3) is 0 Å². The molecule has 1 aliphatic carbocycles. The highest BCUT2D eigenvalue weighted by Gasteiger charge is 2.04. The fourth-order valence-corrected chi connectivity index (χ4v) is 2.64. The second-order valence-electron chi connectivity index (χ2n) is 6.57. The number of hydrogen-bond acceptors (Lipinski definition) is 2. The summed E-state index contributed by atoms with van der Waals surface area (Å²) in [5, 5.41) is 6.83. The van der Waals surface area contributed by atoms with Crippen LogP contribution in [-0.4, -0.2) is 50.6 Å². The summed E-state index contributed by atoms with van der Waals surface area (Å²) < 4.78 is 0. The average molecular weight is 309 g/mol. The first-order valence-electron chi connectivity index (χ1n) is 8.96. The van der Waals surface area contributed by atoms with E-state index in [-0.39, 0.29) is 0 Å². The van der Waals surface area contributed by atoms with Crippen LogP contribution in [0.2, 0.25) is 0 Å². The maximum absolute atomic E-state index is 4.30. The molecule has 0 heterocycles. The highest BCUT2D eigenvalue weighted by molar-refractivity contribution is 5.79. The quantitative estimate of drug-likeness (QED) is 0.297. The summed E-state index contributed by atoms with van der Waals surface area (Å²) in [6.45, 7) is 7.63. The van der Waals surface area contributed by atoms with Gasteiger partial charge in [-0.05, 0) is 72.4 Å². The highest BCUT2D eigenvalue weighted by Crippen LogP contribution is 2.19. The third-order valence-electron chi connectivity index (χ3n) is 4.46. The molecular weight excluding hydrogens is 272 g/mol. The van der Waals surface area contributed by atoms with Crippen LogP contribution in [0.4, 0.5) is 0 Å². The molecule has 0 aromatic carbocycles. The molecule has 0 fully saturated rings. The SMILES string of the molecule is CN=C(NCCCCN(C)C(C)C)NCCC1=CCCCC1. The Bertz CT molecular complexity index is 347. The molecule has 0 aliphatic heterocycles. The number of nitrogens with one attached hydrogen (secondary N) is 2. The van der Waals surface area contributed by atoms with Gasteiger partial charge in [-0.2, -0.15) is 0 Å².